The fourth-order valence-corrected chi connectivity index (χ4v) is 3.90. The van der Waals surface area contributed by atoms with E-state index >= 15 is 0 Å². The molecule has 2 rings (SSSR count). The molecule has 19 heavy (non-hydrogen) atoms. The molecular formula is C14H12BrCl2NS. The van der Waals surface area contributed by atoms with Gasteiger partial charge in [0, 0.05) is 25.3 Å². The molecule has 2 aromatic carbocycles. The molecule has 2 aromatic rings. The van der Waals surface area contributed by atoms with Gasteiger partial charge in [-0.2, -0.15) is 0 Å². The monoisotopic (exact) mass is 375 g/mol. The maximum atomic E-state index is 6.16. The van der Waals surface area contributed by atoms with Gasteiger partial charge < -0.3 is 5.73 Å². The summed E-state index contributed by atoms with van der Waals surface area (Å²) in [5, 5.41) is 1.37. The van der Waals surface area contributed by atoms with Gasteiger partial charge in [-0.3, -0.25) is 0 Å². The van der Waals surface area contributed by atoms with Gasteiger partial charge in [0.2, 0.25) is 0 Å². The van der Waals surface area contributed by atoms with E-state index in [9.17, 15) is 0 Å². The molecular weight excluding hydrogens is 365 g/mol. The summed E-state index contributed by atoms with van der Waals surface area (Å²) in [6.07, 6.45) is 0. The largest absolute Gasteiger partial charge is 0.324 e. The van der Waals surface area contributed by atoms with Crippen LogP contribution in [0.3, 0.4) is 0 Å². The summed E-state index contributed by atoms with van der Waals surface area (Å²) in [5.74, 6) is 0. The Morgan fingerprint density at radius 1 is 1.16 bits per heavy atom. The third-order valence-corrected chi connectivity index (χ3v) is 4.99. The molecule has 0 saturated heterocycles. The van der Waals surface area contributed by atoms with Gasteiger partial charge >= 0.3 is 0 Å². The predicted octanol–water partition coefficient (Wildman–Crippen LogP) is 5.93. The van der Waals surface area contributed by atoms with Gasteiger partial charge in [0.1, 0.15) is 0 Å². The molecule has 1 nitrogen and oxygen atoms in total. The van der Waals surface area contributed by atoms with Crippen molar-refractivity contribution in [1.82, 2.24) is 0 Å². The topological polar surface area (TPSA) is 26.0 Å². The van der Waals surface area contributed by atoms with Crippen LogP contribution in [0.1, 0.15) is 18.5 Å². The van der Waals surface area contributed by atoms with Crippen LogP contribution in [0.2, 0.25) is 10.0 Å². The van der Waals surface area contributed by atoms with Gasteiger partial charge in [-0.25, -0.2) is 0 Å². The van der Waals surface area contributed by atoms with Gasteiger partial charge in [-0.15, -0.1) is 0 Å². The second-order valence-corrected chi connectivity index (χ2v) is 6.96. The SMILES string of the molecule is C[C@@H](N)c1ccc(Sc2cc(Cl)ccc2Cl)cc1Br. The highest BCUT2D eigenvalue weighted by atomic mass is 79.9. The van der Waals surface area contributed by atoms with E-state index in [1.165, 1.54) is 0 Å². The van der Waals surface area contributed by atoms with E-state index in [0.717, 1.165) is 19.8 Å². The van der Waals surface area contributed by atoms with Crippen molar-refractivity contribution in [2.45, 2.75) is 22.8 Å². The van der Waals surface area contributed by atoms with Crippen LogP contribution in [0.4, 0.5) is 0 Å². The third-order valence-electron chi connectivity index (χ3n) is 2.58. The Kier molecular flexibility index (Phi) is 5.21. The number of benzene rings is 2. The van der Waals surface area contributed by atoms with Gasteiger partial charge in [0.15, 0.2) is 0 Å². The molecule has 100 valence electrons. The first-order chi connectivity index (χ1) is 8.97. The highest BCUT2D eigenvalue weighted by Crippen LogP contribution is 2.37. The number of nitrogens with two attached hydrogens (primary N) is 1. The lowest BCUT2D eigenvalue weighted by atomic mass is 10.1. The summed E-state index contributed by atoms with van der Waals surface area (Å²) in [6.45, 7) is 1.96. The zero-order valence-electron chi connectivity index (χ0n) is 10.2. The summed E-state index contributed by atoms with van der Waals surface area (Å²) < 4.78 is 1.01. The van der Waals surface area contributed by atoms with Crippen molar-refractivity contribution < 1.29 is 0 Å². The van der Waals surface area contributed by atoms with Crippen molar-refractivity contribution in [2.24, 2.45) is 5.73 Å². The smallest absolute Gasteiger partial charge is 0.0546 e. The van der Waals surface area contributed by atoms with Crippen LogP contribution in [-0.4, -0.2) is 0 Å². The highest BCUT2D eigenvalue weighted by molar-refractivity contribution is 9.10. The lowest BCUT2D eigenvalue weighted by Gasteiger charge is -2.11. The lowest BCUT2D eigenvalue weighted by molar-refractivity contribution is 0.811. The average molecular weight is 377 g/mol. The second-order valence-electron chi connectivity index (χ2n) is 4.15. The minimum Gasteiger partial charge on any atom is -0.324 e. The Labute approximate surface area is 135 Å². The standard InChI is InChI=1S/C14H12BrCl2NS/c1-8(18)11-4-3-10(7-12(11)15)19-14-6-9(16)2-5-13(14)17/h2-8H,18H2,1H3/t8-/m1/s1. The molecule has 0 aliphatic heterocycles. The molecule has 0 spiro atoms. The molecule has 0 amide bonds. The van der Waals surface area contributed by atoms with Crippen molar-refractivity contribution in [2.75, 3.05) is 0 Å². The molecule has 0 fully saturated rings. The first kappa shape index (κ1) is 15.2. The Morgan fingerprint density at radius 3 is 2.53 bits per heavy atom. The van der Waals surface area contributed by atoms with Crippen LogP contribution in [0.15, 0.2) is 50.7 Å². The van der Waals surface area contributed by atoms with Gasteiger partial charge in [0.25, 0.3) is 0 Å². The Balaban J connectivity index is 2.29. The van der Waals surface area contributed by atoms with Crippen LogP contribution < -0.4 is 5.73 Å². The fraction of sp³-hybridized carbons (Fsp3) is 0.143. The van der Waals surface area contributed by atoms with Crippen molar-refractivity contribution in [1.29, 1.82) is 0 Å². The summed E-state index contributed by atoms with van der Waals surface area (Å²) >= 11 is 17.3. The van der Waals surface area contributed by atoms with Crippen LogP contribution in [0, 0.1) is 0 Å². The van der Waals surface area contributed by atoms with Crippen LogP contribution in [0.5, 0.6) is 0 Å². The number of hydrogen-bond acceptors (Lipinski definition) is 2. The zero-order chi connectivity index (χ0) is 14.0. The molecule has 5 heteroatoms. The minimum atomic E-state index is 0.00295. The van der Waals surface area contributed by atoms with Crippen LogP contribution in [-0.2, 0) is 0 Å². The number of rotatable bonds is 3. The van der Waals surface area contributed by atoms with Crippen molar-refractivity contribution in [3.63, 3.8) is 0 Å². The zero-order valence-corrected chi connectivity index (χ0v) is 14.1. The van der Waals surface area contributed by atoms with Crippen molar-refractivity contribution in [3.8, 4) is 0 Å². The minimum absolute atomic E-state index is 0.00295. The third kappa shape index (κ3) is 3.89. The molecule has 2 N–H and O–H groups in total. The molecule has 0 aliphatic carbocycles. The molecule has 1 atom stereocenters. The molecule has 0 unspecified atom stereocenters. The molecule has 0 aliphatic rings. The Hall–Kier alpha value is -0.190. The first-order valence-electron chi connectivity index (χ1n) is 5.65. The van der Waals surface area contributed by atoms with E-state index in [4.69, 9.17) is 28.9 Å². The average Bonchev–Trinajstić information content (AvgIpc) is 2.33. The maximum absolute atomic E-state index is 6.16. The molecule has 0 radical (unpaired) electrons. The van der Waals surface area contributed by atoms with E-state index in [0.29, 0.717) is 10.0 Å². The predicted molar refractivity (Wildman–Crippen MR) is 87.3 cm³/mol. The fourth-order valence-electron chi connectivity index (χ4n) is 1.62. The number of halogens is 3. The van der Waals surface area contributed by atoms with Crippen molar-refractivity contribution >= 4 is 50.9 Å². The van der Waals surface area contributed by atoms with Crippen LogP contribution in [0.25, 0.3) is 0 Å². The molecule has 0 heterocycles. The maximum Gasteiger partial charge on any atom is 0.0546 e. The van der Waals surface area contributed by atoms with Gasteiger partial charge in [-0.05, 0) is 42.8 Å². The summed E-state index contributed by atoms with van der Waals surface area (Å²) in [5.41, 5.74) is 6.97. The molecule has 0 saturated carbocycles. The van der Waals surface area contributed by atoms with Crippen molar-refractivity contribution in [3.05, 3.63) is 56.5 Å². The van der Waals surface area contributed by atoms with Gasteiger partial charge in [-0.1, -0.05) is 57.0 Å². The summed E-state index contributed by atoms with van der Waals surface area (Å²) in [4.78, 5) is 2.02. The number of hydrogen-bond donors (Lipinski definition) is 1. The van der Waals surface area contributed by atoms with Crippen LogP contribution >= 0.6 is 50.9 Å². The highest BCUT2D eigenvalue weighted by Gasteiger charge is 2.08. The van der Waals surface area contributed by atoms with E-state index in [1.54, 1.807) is 23.9 Å². The Bertz CT molecular complexity index is 602. The van der Waals surface area contributed by atoms with E-state index < -0.39 is 0 Å². The summed E-state index contributed by atoms with van der Waals surface area (Å²) in [7, 11) is 0. The molecule has 0 bridgehead atoms. The van der Waals surface area contributed by atoms with E-state index in [1.807, 2.05) is 31.2 Å². The second kappa shape index (κ2) is 6.51. The Morgan fingerprint density at radius 2 is 1.89 bits per heavy atom. The lowest BCUT2D eigenvalue weighted by Crippen LogP contribution is -2.05. The quantitative estimate of drug-likeness (QED) is 0.718. The summed E-state index contributed by atoms with van der Waals surface area (Å²) in [6, 6.07) is 11.5. The first-order valence-corrected chi connectivity index (χ1v) is 8.02. The van der Waals surface area contributed by atoms with E-state index in [-0.39, 0.29) is 6.04 Å². The van der Waals surface area contributed by atoms with Gasteiger partial charge in [0.05, 0.1) is 5.02 Å². The van der Waals surface area contributed by atoms with E-state index in [2.05, 4.69) is 15.9 Å². The normalized spacial score (nSPS) is 12.5. The molecule has 0 aromatic heterocycles.